The molecule has 0 aliphatic carbocycles. The molecule has 0 saturated carbocycles. The SMILES string of the molecule is Cc1ccc(F)c(N2CCCC(NC(=O)CCc3nc(-c4ncccn4)no3)C2)c1. The summed E-state index contributed by atoms with van der Waals surface area (Å²) in [6.45, 7) is 3.31. The number of hydrogen-bond donors (Lipinski definition) is 1. The van der Waals surface area contributed by atoms with Gasteiger partial charge in [-0.25, -0.2) is 14.4 Å². The maximum Gasteiger partial charge on any atom is 0.240 e. The van der Waals surface area contributed by atoms with E-state index >= 15 is 0 Å². The summed E-state index contributed by atoms with van der Waals surface area (Å²) < 4.78 is 19.4. The molecule has 1 unspecified atom stereocenters. The third kappa shape index (κ3) is 4.79. The van der Waals surface area contributed by atoms with Crippen LogP contribution in [0, 0.1) is 12.7 Å². The molecule has 0 radical (unpaired) electrons. The second-order valence-electron chi connectivity index (χ2n) is 7.39. The fourth-order valence-electron chi connectivity index (χ4n) is 3.56. The van der Waals surface area contributed by atoms with Gasteiger partial charge in [-0.1, -0.05) is 11.2 Å². The van der Waals surface area contributed by atoms with Crippen molar-refractivity contribution in [3.8, 4) is 11.6 Å². The molecule has 4 rings (SSSR count). The second-order valence-corrected chi connectivity index (χ2v) is 7.39. The number of aryl methyl sites for hydroxylation is 2. The summed E-state index contributed by atoms with van der Waals surface area (Å²) >= 11 is 0. The van der Waals surface area contributed by atoms with Crippen LogP contribution >= 0.6 is 0 Å². The van der Waals surface area contributed by atoms with Crippen LogP contribution in [0.3, 0.4) is 0 Å². The van der Waals surface area contributed by atoms with Gasteiger partial charge in [-0.3, -0.25) is 4.79 Å². The van der Waals surface area contributed by atoms with Crippen molar-refractivity contribution in [2.45, 2.75) is 38.6 Å². The van der Waals surface area contributed by atoms with Crippen LogP contribution in [-0.4, -0.2) is 45.1 Å². The molecule has 1 aliphatic rings. The molecule has 2 aromatic heterocycles. The molecule has 3 aromatic rings. The molecule has 0 spiro atoms. The summed E-state index contributed by atoms with van der Waals surface area (Å²) in [6.07, 6.45) is 5.51. The number of benzene rings is 1. The molecule has 156 valence electrons. The van der Waals surface area contributed by atoms with Crippen molar-refractivity contribution >= 4 is 11.6 Å². The Balaban J connectivity index is 1.30. The monoisotopic (exact) mass is 410 g/mol. The highest BCUT2D eigenvalue weighted by Crippen LogP contribution is 2.24. The van der Waals surface area contributed by atoms with Crippen LogP contribution in [0.2, 0.25) is 0 Å². The molecular weight excluding hydrogens is 387 g/mol. The Kier molecular flexibility index (Phi) is 5.97. The third-order valence-electron chi connectivity index (χ3n) is 5.03. The summed E-state index contributed by atoms with van der Waals surface area (Å²) in [4.78, 5) is 26.8. The van der Waals surface area contributed by atoms with Crippen molar-refractivity contribution in [1.29, 1.82) is 0 Å². The van der Waals surface area contributed by atoms with E-state index in [1.54, 1.807) is 24.5 Å². The molecule has 1 atom stereocenters. The zero-order chi connectivity index (χ0) is 20.9. The molecule has 0 bridgehead atoms. The Morgan fingerprint density at radius 3 is 2.97 bits per heavy atom. The highest BCUT2D eigenvalue weighted by Gasteiger charge is 2.23. The van der Waals surface area contributed by atoms with E-state index in [1.807, 2.05) is 17.9 Å². The van der Waals surface area contributed by atoms with E-state index in [2.05, 4.69) is 25.4 Å². The first-order valence-corrected chi connectivity index (χ1v) is 9.99. The maximum absolute atomic E-state index is 14.2. The van der Waals surface area contributed by atoms with Gasteiger partial charge in [0.1, 0.15) is 5.82 Å². The zero-order valence-electron chi connectivity index (χ0n) is 16.7. The molecule has 1 fully saturated rings. The van der Waals surface area contributed by atoms with Crippen LogP contribution in [0.15, 0.2) is 41.2 Å². The molecule has 8 nitrogen and oxygen atoms in total. The summed E-state index contributed by atoms with van der Waals surface area (Å²) in [6, 6.07) is 6.78. The van der Waals surface area contributed by atoms with Gasteiger partial charge in [-0.15, -0.1) is 0 Å². The average Bonchev–Trinajstić information content (AvgIpc) is 3.24. The number of aromatic nitrogens is 4. The van der Waals surface area contributed by atoms with Crippen molar-refractivity contribution in [1.82, 2.24) is 25.4 Å². The van der Waals surface area contributed by atoms with Crippen molar-refractivity contribution in [3.63, 3.8) is 0 Å². The van der Waals surface area contributed by atoms with Crippen LogP contribution in [0.5, 0.6) is 0 Å². The lowest BCUT2D eigenvalue weighted by Gasteiger charge is -2.35. The number of anilines is 1. The van der Waals surface area contributed by atoms with Gasteiger partial charge in [-0.2, -0.15) is 4.98 Å². The molecule has 3 heterocycles. The fourth-order valence-corrected chi connectivity index (χ4v) is 3.56. The number of nitrogens with zero attached hydrogens (tertiary/aromatic N) is 5. The van der Waals surface area contributed by atoms with E-state index in [0.29, 0.717) is 36.2 Å². The van der Waals surface area contributed by atoms with Crippen LogP contribution in [0.4, 0.5) is 10.1 Å². The van der Waals surface area contributed by atoms with Crippen LogP contribution in [0.25, 0.3) is 11.6 Å². The molecule has 9 heteroatoms. The number of halogens is 1. The molecular formula is C21H23FN6O2. The van der Waals surface area contributed by atoms with E-state index in [1.165, 1.54) is 6.07 Å². The van der Waals surface area contributed by atoms with Crippen LogP contribution in [0.1, 0.15) is 30.7 Å². The first-order valence-electron chi connectivity index (χ1n) is 9.99. The molecule has 1 saturated heterocycles. The van der Waals surface area contributed by atoms with Crippen molar-refractivity contribution < 1.29 is 13.7 Å². The van der Waals surface area contributed by atoms with Crippen molar-refractivity contribution in [2.24, 2.45) is 0 Å². The average molecular weight is 410 g/mol. The summed E-state index contributed by atoms with van der Waals surface area (Å²) in [5.74, 6) is 0.709. The quantitative estimate of drug-likeness (QED) is 0.667. The molecule has 30 heavy (non-hydrogen) atoms. The van der Waals surface area contributed by atoms with Gasteiger partial charge in [0.15, 0.2) is 0 Å². The van der Waals surface area contributed by atoms with E-state index in [9.17, 15) is 9.18 Å². The Morgan fingerprint density at radius 1 is 1.30 bits per heavy atom. The predicted molar refractivity (Wildman–Crippen MR) is 108 cm³/mol. The topological polar surface area (TPSA) is 97.0 Å². The van der Waals surface area contributed by atoms with E-state index in [0.717, 1.165) is 24.9 Å². The highest BCUT2D eigenvalue weighted by molar-refractivity contribution is 5.76. The standard InChI is InChI=1S/C21H23FN6O2/c1-14-5-6-16(22)17(12-14)28-11-2-4-15(13-28)25-18(29)7-8-19-26-21(27-30-19)20-23-9-3-10-24-20/h3,5-6,9-10,12,15H,2,4,7-8,11,13H2,1H3,(H,25,29). The smallest absolute Gasteiger partial charge is 0.240 e. The van der Waals surface area contributed by atoms with Crippen LogP contribution < -0.4 is 10.2 Å². The Bertz CT molecular complexity index is 1010. The Hall–Kier alpha value is -3.36. The number of carbonyl (C=O) groups is 1. The van der Waals surface area contributed by atoms with Crippen molar-refractivity contribution in [2.75, 3.05) is 18.0 Å². The molecule has 1 N–H and O–H groups in total. The minimum Gasteiger partial charge on any atom is -0.367 e. The van der Waals surface area contributed by atoms with Gasteiger partial charge in [0.25, 0.3) is 0 Å². The predicted octanol–water partition coefficient (Wildman–Crippen LogP) is 2.69. The number of carbonyl (C=O) groups excluding carboxylic acids is 1. The maximum atomic E-state index is 14.2. The number of piperidine rings is 1. The van der Waals surface area contributed by atoms with E-state index in [4.69, 9.17) is 4.52 Å². The minimum atomic E-state index is -0.234. The summed E-state index contributed by atoms with van der Waals surface area (Å²) in [7, 11) is 0. The zero-order valence-corrected chi connectivity index (χ0v) is 16.7. The third-order valence-corrected chi connectivity index (χ3v) is 5.03. The second kappa shape index (κ2) is 8.98. The lowest BCUT2D eigenvalue weighted by molar-refractivity contribution is -0.121. The van der Waals surface area contributed by atoms with Gasteiger partial charge in [0, 0.05) is 44.4 Å². The lowest BCUT2D eigenvalue weighted by Crippen LogP contribution is -2.48. The Morgan fingerprint density at radius 2 is 2.13 bits per heavy atom. The van der Waals surface area contributed by atoms with E-state index in [-0.39, 0.29) is 24.2 Å². The normalized spacial score (nSPS) is 16.5. The van der Waals surface area contributed by atoms with Gasteiger partial charge < -0.3 is 14.7 Å². The largest absolute Gasteiger partial charge is 0.367 e. The van der Waals surface area contributed by atoms with Gasteiger partial charge in [0.2, 0.25) is 23.4 Å². The first-order chi connectivity index (χ1) is 14.6. The number of nitrogens with one attached hydrogen (secondary N) is 1. The van der Waals surface area contributed by atoms with E-state index < -0.39 is 0 Å². The fraction of sp³-hybridized carbons (Fsp3) is 0.381. The number of amides is 1. The summed E-state index contributed by atoms with van der Waals surface area (Å²) in [5.41, 5.74) is 1.60. The van der Waals surface area contributed by atoms with Gasteiger partial charge >= 0.3 is 0 Å². The minimum absolute atomic E-state index is 0.0258. The first kappa shape index (κ1) is 19.9. The van der Waals surface area contributed by atoms with Crippen LogP contribution in [-0.2, 0) is 11.2 Å². The van der Waals surface area contributed by atoms with Crippen molar-refractivity contribution in [3.05, 3.63) is 53.9 Å². The molecule has 1 amide bonds. The Labute approximate surface area is 173 Å². The van der Waals surface area contributed by atoms with Gasteiger partial charge in [-0.05, 0) is 43.5 Å². The highest BCUT2D eigenvalue weighted by atomic mass is 19.1. The summed E-state index contributed by atoms with van der Waals surface area (Å²) in [5, 5.41) is 6.90. The molecule has 1 aromatic carbocycles. The lowest BCUT2D eigenvalue weighted by atomic mass is 10.0. The molecule has 1 aliphatic heterocycles. The number of rotatable bonds is 6. The number of hydrogen-bond acceptors (Lipinski definition) is 7. The van der Waals surface area contributed by atoms with Gasteiger partial charge in [0.05, 0.1) is 5.69 Å².